The number of aryl methyl sites for hydroxylation is 1. The fourth-order valence-electron chi connectivity index (χ4n) is 3.88. The number of amides is 2. The number of hydrogen-bond donors (Lipinski definition) is 2. The predicted molar refractivity (Wildman–Crippen MR) is 124 cm³/mol. The maximum absolute atomic E-state index is 13.9. The minimum Gasteiger partial charge on any atom is -0.454 e. The molecule has 2 amide bonds. The zero-order valence-electron chi connectivity index (χ0n) is 18.1. The molecule has 1 aliphatic rings. The van der Waals surface area contributed by atoms with Crippen LogP contribution in [0.5, 0.6) is 11.5 Å². The Kier molecular flexibility index (Phi) is 5.52. The molecule has 8 nitrogen and oxygen atoms in total. The Morgan fingerprint density at radius 2 is 1.76 bits per heavy atom. The van der Waals surface area contributed by atoms with Crippen LogP contribution in [0.4, 0.5) is 20.6 Å². The molecule has 0 atom stereocenters. The lowest BCUT2D eigenvalue weighted by molar-refractivity contribution is 0.208. The molecular formula is C24H23FN6O2. The SMILES string of the molecule is Cc1ncc(Oc2ccc(N3CCN(C(=O)Nc4c[nH]c5c(F)cccc45)CC3)cc2)cn1. The van der Waals surface area contributed by atoms with Crippen LogP contribution < -0.4 is 15.0 Å². The Labute approximate surface area is 190 Å². The normalized spacial score (nSPS) is 13.9. The van der Waals surface area contributed by atoms with Gasteiger partial charge in [0.25, 0.3) is 0 Å². The zero-order valence-corrected chi connectivity index (χ0v) is 18.1. The van der Waals surface area contributed by atoms with Crippen molar-refractivity contribution in [3.63, 3.8) is 0 Å². The molecule has 168 valence electrons. The number of hydrogen-bond acceptors (Lipinski definition) is 5. The minimum atomic E-state index is -0.342. The molecule has 2 aromatic carbocycles. The summed E-state index contributed by atoms with van der Waals surface area (Å²) in [4.78, 5) is 27.9. The molecule has 4 aromatic rings. The highest BCUT2D eigenvalue weighted by molar-refractivity contribution is 6.01. The van der Waals surface area contributed by atoms with Crippen molar-refractivity contribution in [3.05, 3.63) is 72.7 Å². The highest BCUT2D eigenvalue weighted by Crippen LogP contribution is 2.26. The van der Waals surface area contributed by atoms with E-state index in [0.717, 1.165) is 5.69 Å². The number of nitrogens with zero attached hydrogens (tertiary/aromatic N) is 4. The van der Waals surface area contributed by atoms with Crippen LogP contribution in [0, 0.1) is 12.7 Å². The van der Waals surface area contributed by atoms with Crippen molar-refractivity contribution in [2.45, 2.75) is 6.92 Å². The van der Waals surface area contributed by atoms with Crippen LogP contribution >= 0.6 is 0 Å². The number of anilines is 2. The summed E-state index contributed by atoms with van der Waals surface area (Å²) in [5, 5.41) is 3.55. The second-order valence-electron chi connectivity index (χ2n) is 7.83. The van der Waals surface area contributed by atoms with Gasteiger partial charge in [-0.2, -0.15) is 0 Å². The fourth-order valence-corrected chi connectivity index (χ4v) is 3.88. The van der Waals surface area contributed by atoms with Gasteiger partial charge in [0.05, 0.1) is 23.6 Å². The van der Waals surface area contributed by atoms with Gasteiger partial charge in [0, 0.05) is 43.4 Å². The number of carbonyl (C=O) groups is 1. The lowest BCUT2D eigenvalue weighted by Crippen LogP contribution is -2.50. The van der Waals surface area contributed by atoms with Crippen molar-refractivity contribution < 1.29 is 13.9 Å². The van der Waals surface area contributed by atoms with E-state index >= 15 is 0 Å². The van der Waals surface area contributed by atoms with E-state index in [0.29, 0.717) is 60.1 Å². The number of aromatic nitrogens is 3. The van der Waals surface area contributed by atoms with Gasteiger partial charge in [-0.25, -0.2) is 19.2 Å². The van der Waals surface area contributed by atoms with Crippen molar-refractivity contribution >= 4 is 28.3 Å². The maximum atomic E-state index is 13.9. The molecule has 1 fully saturated rings. The Morgan fingerprint density at radius 3 is 2.48 bits per heavy atom. The quantitative estimate of drug-likeness (QED) is 0.480. The van der Waals surface area contributed by atoms with Crippen LogP contribution in [0.1, 0.15) is 5.82 Å². The number of benzene rings is 2. The summed E-state index contributed by atoms with van der Waals surface area (Å²) in [6, 6.07) is 12.4. The Balaban J connectivity index is 1.17. The number of aromatic amines is 1. The van der Waals surface area contributed by atoms with Gasteiger partial charge in [0.1, 0.15) is 17.4 Å². The zero-order chi connectivity index (χ0) is 22.8. The van der Waals surface area contributed by atoms with Crippen LogP contribution in [-0.2, 0) is 0 Å². The molecule has 0 aliphatic carbocycles. The van der Waals surface area contributed by atoms with Crippen molar-refractivity contribution in [3.8, 4) is 11.5 Å². The number of piperazine rings is 1. The van der Waals surface area contributed by atoms with Gasteiger partial charge in [0.2, 0.25) is 0 Å². The molecule has 0 unspecified atom stereocenters. The molecule has 2 aromatic heterocycles. The van der Waals surface area contributed by atoms with Crippen LogP contribution in [0.3, 0.4) is 0 Å². The van der Waals surface area contributed by atoms with E-state index in [1.807, 2.05) is 31.2 Å². The number of para-hydroxylation sites is 1. The third-order valence-corrected chi connectivity index (χ3v) is 5.67. The van der Waals surface area contributed by atoms with Gasteiger partial charge in [-0.3, -0.25) is 0 Å². The van der Waals surface area contributed by atoms with E-state index in [9.17, 15) is 9.18 Å². The van der Waals surface area contributed by atoms with Gasteiger partial charge >= 0.3 is 6.03 Å². The predicted octanol–water partition coefficient (Wildman–Crippen LogP) is 4.55. The standard InChI is InChI=1S/C24H23FN6O2/c1-16-26-13-19(14-27-16)33-18-7-5-17(6-8-18)30-9-11-31(12-10-30)24(32)29-22-15-28-23-20(22)3-2-4-21(23)25/h2-8,13-15,28H,9-12H2,1H3,(H,29,32). The molecule has 3 heterocycles. The smallest absolute Gasteiger partial charge is 0.322 e. The number of carbonyl (C=O) groups excluding carboxylic acids is 1. The number of rotatable bonds is 4. The molecule has 33 heavy (non-hydrogen) atoms. The molecule has 2 N–H and O–H groups in total. The first kappa shape index (κ1) is 20.7. The number of urea groups is 1. The highest BCUT2D eigenvalue weighted by Gasteiger charge is 2.22. The molecule has 1 aliphatic heterocycles. The van der Waals surface area contributed by atoms with E-state index < -0.39 is 0 Å². The van der Waals surface area contributed by atoms with Crippen LogP contribution in [0.15, 0.2) is 61.1 Å². The van der Waals surface area contributed by atoms with Gasteiger partial charge in [-0.15, -0.1) is 0 Å². The largest absolute Gasteiger partial charge is 0.454 e. The molecule has 0 spiro atoms. The minimum absolute atomic E-state index is 0.191. The maximum Gasteiger partial charge on any atom is 0.322 e. The van der Waals surface area contributed by atoms with E-state index in [2.05, 4.69) is 25.2 Å². The third kappa shape index (κ3) is 4.43. The number of fused-ring (bicyclic) bond motifs is 1. The highest BCUT2D eigenvalue weighted by atomic mass is 19.1. The van der Waals surface area contributed by atoms with E-state index in [1.54, 1.807) is 35.6 Å². The molecule has 1 saturated heterocycles. The van der Waals surface area contributed by atoms with Gasteiger partial charge in [-0.1, -0.05) is 12.1 Å². The van der Waals surface area contributed by atoms with Crippen LogP contribution in [-0.4, -0.2) is 52.1 Å². The average Bonchev–Trinajstić information content (AvgIpc) is 3.25. The molecule has 0 radical (unpaired) electrons. The second kappa shape index (κ2) is 8.78. The van der Waals surface area contributed by atoms with Crippen molar-refractivity contribution in [2.75, 3.05) is 36.4 Å². The number of ether oxygens (including phenoxy) is 1. The summed E-state index contributed by atoms with van der Waals surface area (Å²) in [5.41, 5.74) is 2.03. The Hall–Kier alpha value is -4.14. The summed E-state index contributed by atoms with van der Waals surface area (Å²) < 4.78 is 19.7. The van der Waals surface area contributed by atoms with Crippen molar-refractivity contribution in [1.82, 2.24) is 19.9 Å². The van der Waals surface area contributed by atoms with E-state index in [1.165, 1.54) is 6.07 Å². The van der Waals surface area contributed by atoms with Gasteiger partial charge in [0.15, 0.2) is 5.75 Å². The Morgan fingerprint density at radius 1 is 1.03 bits per heavy atom. The number of H-pyrrole nitrogens is 1. The summed E-state index contributed by atoms with van der Waals surface area (Å²) in [6.07, 6.45) is 4.91. The molecular weight excluding hydrogens is 423 g/mol. The monoisotopic (exact) mass is 446 g/mol. The summed E-state index contributed by atoms with van der Waals surface area (Å²) in [7, 11) is 0. The van der Waals surface area contributed by atoms with E-state index in [4.69, 9.17) is 4.74 Å². The molecule has 0 bridgehead atoms. The third-order valence-electron chi connectivity index (χ3n) is 5.67. The second-order valence-corrected chi connectivity index (χ2v) is 7.83. The van der Waals surface area contributed by atoms with Crippen LogP contribution in [0.25, 0.3) is 10.9 Å². The molecule has 0 saturated carbocycles. The summed E-state index contributed by atoms with van der Waals surface area (Å²) >= 11 is 0. The summed E-state index contributed by atoms with van der Waals surface area (Å²) in [6.45, 7) is 4.41. The Bertz CT molecular complexity index is 1260. The first-order valence-electron chi connectivity index (χ1n) is 10.7. The number of nitrogens with one attached hydrogen (secondary N) is 2. The number of halogens is 1. The first-order chi connectivity index (χ1) is 16.1. The average molecular weight is 446 g/mol. The van der Waals surface area contributed by atoms with Gasteiger partial charge < -0.3 is 24.8 Å². The van der Waals surface area contributed by atoms with Gasteiger partial charge in [-0.05, 0) is 37.3 Å². The van der Waals surface area contributed by atoms with Crippen LogP contribution in [0.2, 0.25) is 0 Å². The van der Waals surface area contributed by atoms with Crippen molar-refractivity contribution in [1.29, 1.82) is 0 Å². The molecule has 9 heteroatoms. The summed E-state index contributed by atoms with van der Waals surface area (Å²) in [5.74, 6) is 1.65. The van der Waals surface area contributed by atoms with Crippen molar-refractivity contribution in [2.24, 2.45) is 0 Å². The first-order valence-corrected chi connectivity index (χ1v) is 10.7. The fraction of sp³-hybridized carbons (Fsp3) is 0.208. The topological polar surface area (TPSA) is 86.4 Å². The lowest BCUT2D eigenvalue weighted by atomic mass is 10.2. The molecule has 5 rings (SSSR count). The lowest BCUT2D eigenvalue weighted by Gasteiger charge is -2.36. The van der Waals surface area contributed by atoms with E-state index in [-0.39, 0.29) is 11.8 Å².